The van der Waals surface area contributed by atoms with E-state index in [9.17, 15) is 4.79 Å². The minimum Gasteiger partial charge on any atom is -0.493 e. The summed E-state index contributed by atoms with van der Waals surface area (Å²) in [5, 5.41) is 3.96. The predicted molar refractivity (Wildman–Crippen MR) is 94.7 cm³/mol. The molecule has 0 saturated heterocycles. The molecule has 0 bridgehead atoms. The number of nitrogens with zero attached hydrogens (tertiary/aromatic N) is 1. The van der Waals surface area contributed by atoms with E-state index < -0.39 is 0 Å². The molecular formula is C18H21N3O3. The van der Waals surface area contributed by atoms with Crippen LogP contribution in [-0.2, 0) is 0 Å². The van der Waals surface area contributed by atoms with Crippen LogP contribution in [0.15, 0.2) is 47.6 Å². The summed E-state index contributed by atoms with van der Waals surface area (Å²) in [6.07, 6.45) is 2.44. The number of nitrogens with one attached hydrogen (secondary N) is 1. The summed E-state index contributed by atoms with van der Waals surface area (Å²) in [5.41, 5.74) is 9.89. The Morgan fingerprint density at radius 2 is 2.08 bits per heavy atom. The first-order valence-corrected chi connectivity index (χ1v) is 7.63. The molecule has 0 spiro atoms. The van der Waals surface area contributed by atoms with E-state index in [1.165, 1.54) is 0 Å². The van der Waals surface area contributed by atoms with E-state index in [0.717, 1.165) is 12.0 Å². The van der Waals surface area contributed by atoms with Crippen molar-refractivity contribution in [3.8, 4) is 11.5 Å². The molecule has 0 radical (unpaired) electrons. The fraction of sp³-hybridized carbons (Fsp3) is 0.222. The third-order valence-electron chi connectivity index (χ3n) is 3.18. The van der Waals surface area contributed by atoms with E-state index in [2.05, 4.69) is 10.5 Å². The Kier molecular flexibility index (Phi) is 6.19. The van der Waals surface area contributed by atoms with Crippen molar-refractivity contribution in [3.05, 3.63) is 53.6 Å². The molecule has 6 heteroatoms. The lowest BCUT2D eigenvalue weighted by Crippen LogP contribution is -2.17. The molecule has 3 N–H and O–H groups in total. The van der Waals surface area contributed by atoms with Gasteiger partial charge in [-0.1, -0.05) is 13.0 Å². The van der Waals surface area contributed by atoms with Crippen LogP contribution in [0.1, 0.15) is 29.3 Å². The number of anilines is 1. The van der Waals surface area contributed by atoms with Crippen molar-refractivity contribution in [1.29, 1.82) is 0 Å². The molecule has 126 valence electrons. The molecule has 0 atom stereocenters. The zero-order chi connectivity index (χ0) is 17.4. The van der Waals surface area contributed by atoms with Gasteiger partial charge >= 0.3 is 0 Å². The van der Waals surface area contributed by atoms with Gasteiger partial charge in [-0.15, -0.1) is 0 Å². The molecule has 0 aliphatic carbocycles. The number of hydrogen-bond donors (Lipinski definition) is 2. The van der Waals surface area contributed by atoms with E-state index in [0.29, 0.717) is 29.4 Å². The van der Waals surface area contributed by atoms with Gasteiger partial charge in [0.2, 0.25) is 0 Å². The number of hydrogen-bond acceptors (Lipinski definition) is 5. The van der Waals surface area contributed by atoms with E-state index in [4.69, 9.17) is 15.2 Å². The first-order chi connectivity index (χ1) is 11.6. The van der Waals surface area contributed by atoms with Gasteiger partial charge in [0.1, 0.15) is 0 Å². The van der Waals surface area contributed by atoms with Crippen molar-refractivity contribution in [2.45, 2.75) is 13.3 Å². The van der Waals surface area contributed by atoms with Crippen molar-refractivity contribution in [3.63, 3.8) is 0 Å². The molecule has 0 heterocycles. The number of nitrogen functional groups attached to an aromatic ring is 1. The predicted octanol–water partition coefficient (Wildman–Crippen LogP) is 2.83. The van der Waals surface area contributed by atoms with Gasteiger partial charge in [-0.25, -0.2) is 5.43 Å². The Hall–Kier alpha value is -3.02. The Bertz CT molecular complexity index is 729. The van der Waals surface area contributed by atoms with Crippen LogP contribution in [0.4, 0.5) is 5.69 Å². The van der Waals surface area contributed by atoms with Gasteiger partial charge in [0.25, 0.3) is 5.91 Å². The average Bonchev–Trinajstić information content (AvgIpc) is 2.60. The first-order valence-electron chi connectivity index (χ1n) is 7.63. The molecule has 0 unspecified atom stereocenters. The maximum Gasteiger partial charge on any atom is 0.271 e. The fourth-order valence-corrected chi connectivity index (χ4v) is 2.01. The monoisotopic (exact) mass is 327 g/mol. The highest BCUT2D eigenvalue weighted by Gasteiger charge is 2.06. The van der Waals surface area contributed by atoms with Crippen LogP contribution in [0.3, 0.4) is 0 Å². The normalized spacial score (nSPS) is 10.6. The fourth-order valence-electron chi connectivity index (χ4n) is 2.01. The van der Waals surface area contributed by atoms with Gasteiger partial charge < -0.3 is 15.2 Å². The van der Waals surface area contributed by atoms with E-state index >= 15 is 0 Å². The number of rotatable bonds is 7. The number of hydrazone groups is 1. The number of nitrogens with two attached hydrogens (primary N) is 1. The van der Waals surface area contributed by atoms with Crippen LogP contribution in [0.5, 0.6) is 11.5 Å². The number of ether oxygens (including phenoxy) is 2. The molecule has 0 saturated carbocycles. The van der Waals surface area contributed by atoms with Gasteiger partial charge in [-0.2, -0.15) is 5.10 Å². The molecule has 2 rings (SSSR count). The SMILES string of the molecule is CCCOc1cc(/C=N\NC(=O)c2cccc(N)c2)ccc1OC. The van der Waals surface area contributed by atoms with Crippen LogP contribution >= 0.6 is 0 Å². The van der Waals surface area contributed by atoms with Crippen molar-refractivity contribution >= 4 is 17.8 Å². The van der Waals surface area contributed by atoms with Crippen molar-refractivity contribution in [2.24, 2.45) is 5.10 Å². The van der Waals surface area contributed by atoms with Crippen LogP contribution in [-0.4, -0.2) is 25.8 Å². The number of methoxy groups -OCH3 is 1. The van der Waals surface area contributed by atoms with Gasteiger partial charge in [0.05, 0.1) is 19.9 Å². The molecule has 0 aromatic heterocycles. The molecule has 0 fully saturated rings. The second-order valence-electron chi connectivity index (χ2n) is 5.08. The third-order valence-corrected chi connectivity index (χ3v) is 3.18. The summed E-state index contributed by atoms with van der Waals surface area (Å²) in [4.78, 5) is 12.0. The maximum atomic E-state index is 12.0. The lowest BCUT2D eigenvalue weighted by atomic mass is 10.2. The van der Waals surface area contributed by atoms with Crippen LogP contribution in [0.25, 0.3) is 0 Å². The summed E-state index contributed by atoms with van der Waals surface area (Å²) in [6.45, 7) is 2.63. The largest absolute Gasteiger partial charge is 0.493 e. The summed E-state index contributed by atoms with van der Waals surface area (Å²) in [6, 6.07) is 12.1. The Morgan fingerprint density at radius 1 is 1.25 bits per heavy atom. The molecule has 0 aliphatic heterocycles. The second kappa shape index (κ2) is 8.57. The number of carbonyl (C=O) groups is 1. The highest BCUT2D eigenvalue weighted by atomic mass is 16.5. The molecule has 6 nitrogen and oxygen atoms in total. The summed E-state index contributed by atoms with van der Waals surface area (Å²) in [5.74, 6) is 0.976. The number of amides is 1. The van der Waals surface area contributed by atoms with Crippen LogP contribution in [0, 0.1) is 0 Å². The molecule has 0 aliphatic rings. The summed E-state index contributed by atoms with van der Waals surface area (Å²) in [7, 11) is 1.59. The van der Waals surface area contributed by atoms with Crippen LogP contribution < -0.4 is 20.6 Å². The smallest absolute Gasteiger partial charge is 0.271 e. The molecule has 2 aromatic carbocycles. The highest BCUT2D eigenvalue weighted by Crippen LogP contribution is 2.27. The Morgan fingerprint density at radius 3 is 2.79 bits per heavy atom. The molecular weight excluding hydrogens is 306 g/mol. The number of carbonyl (C=O) groups excluding carboxylic acids is 1. The third kappa shape index (κ3) is 4.74. The van der Waals surface area contributed by atoms with Gasteiger partial charge in [0, 0.05) is 11.3 Å². The van der Waals surface area contributed by atoms with E-state index in [1.54, 1.807) is 43.7 Å². The Balaban J connectivity index is 2.04. The average molecular weight is 327 g/mol. The van der Waals surface area contributed by atoms with Crippen molar-refractivity contribution in [1.82, 2.24) is 5.43 Å². The quantitative estimate of drug-likeness (QED) is 0.465. The van der Waals surface area contributed by atoms with Gasteiger partial charge in [-0.3, -0.25) is 4.79 Å². The minimum absolute atomic E-state index is 0.325. The van der Waals surface area contributed by atoms with E-state index in [1.807, 2.05) is 19.1 Å². The van der Waals surface area contributed by atoms with Crippen molar-refractivity contribution in [2.75, 3.05) is 19.5 Å². The lowest BCUT2D eigenvalue weighted by molar-refractivity contribution is 0.0955. The topological polar surface area (TPSA) is 85.9 Å². The summed E-state index contributed by atoms with van der Waals surface area (Å²) >= 11 is 0. The minimum atomic E-state index is -0.325. The molecule has 24 heavy (non-hydrogen) atoms. The van der Waals surface area contributed by atoms with E-state index in [-0.39, 0.29) is 5.91 Å². The summed E-state index contributed by atoms with van der Waals surface area (Å²) < 4.78 is 10.9. The maximum absolute atomic E-state index is 12.0. The Labute approximate surface area is 141 Å². The first kappa shape index (κ1) is 17.3. The molecule has 1 amide bonds. The zero-order valence-electron chi connectivity index (χ0n) is 13.8. The zero-order valence-corrected chi connectivity index (χ0v) is 13.8. The van der Waals surface area contributed by atoms with Crippen molar-refractivity contribution < 1.29 is 14.3 Å². The molecule has 2 aromatic rings. The van der Waals surface area contributed by atoms with Crippen LogP contribution in [0.2, 0.25) is 0 Å². The number of benzene rings is 2. The lowest BCUT2D eigenvalue weighted by Gasteiger charge is -2.10. The van der Waals surface area contributed by atoms with Gasteiger partial charge in [0.15, 0.2) is 11.5 Å². The highest BCUT2D eigenvalue weighted by molar-refractivity contribution is 5.95. The standard InChI is InChI=1S/C18H21N3O3/c1-3-9-24-17-10-13(7-8-16(17)23-2)12-20-21-18(22)14-5-4-6-15(19)11-14/h4-8,10-12H,3,9,19H2,1-2H3,(H,21,22)/b20-12-. The van der Waals surface area contributed by atoms with Gasteiger partial charge in [-0.05, 0) is 48.4 Å². The second-order valence-corrected chi connectivity index (χ2v) is 5.08.